The maximum atomic E-state index is 12.5. The molecule has 6 nitrogen and oxygen atoms in total. The number of aromatic nitrogens is 3. The zero-order chi connectivity index (χ0) is 16.6. The fraction of sp³-hybridized carbons (Fsp3) is 0.588. The molecule has 0 aliphatic carbocycles. The van der Waals surface area contributed by atoms with Crippen LogP contribution in [0.2, 0.25) is 0 Å². The summed E-state index contributed by atoms with van der Waals surface area (Å²) in [6.07, 6.45) is 4.58. The van der Waals surface area contributed by atoms with E-state index in [0.717, 1.165) is 47.9 Å². The third-order valence-corrected chi connectivity index (χ3v) is 4.60. The monoisotopic (exact) mass is 316 g/mol. The molecule has 2 atom stereocenters. The topological polar surface area (TPSA) is 73.0 Å². The van der Waals surface area contributed by atoms with Crippen molar-refractivity contribution in [1.29, 1.82) is 0 Å². The van der Waals surface area contributed by atoms with E-state index in [1.54, 1.807) is 0 Å². The highest BCUT2D eigenvalue weighted by molar-refractivity contribution is 5.79. The second kappa shape index (κ2) is 6.18. The Morgan fingerprint density at radius 3 is 2.96 bits per heavy atom. The second-order valence-corrected chi connectivity index (χ2v) is 6.60. The van der Waals surface area contributed by atoms with Gasteiger partial charge in [0, 0.05) is 36.7 Å². The number of aryl methyl sites for hydroxylation is 4. The molecule has 0 saturated carbocycles. The third kappa shape index (κ3) is 3.30. The van der Waals surface area contributed by atoms with Gasteiger partial charge in [-0.05, 0) is 33.6 Å². The fourth-order valence-corrected chi connectivity index (χ4v) is 3.24. The molecule has 124 valence electrons. The van der Waals surface area contributed by atoms with E-state index in [0.29, 0.717) is 6.42 Å². The van der Waals surface area contributed by atoms with Gasteiger partial charge in [-0.1, -0.05) is 12.1 Å². The largest absolute Gasteiger partial charge is 0.361 e. The van der Waals surface area contributed by atoms with Crippen LogP contribution in [0.5, 0.6) is 0 Å². The standard InChI is InChI=1S/C17H24N4O2/c1-10(7-15-12(3)20-23-13(15)4)17(22)19-14-5-6-16-18-11(2)8-21(16)9-14/h8,10,14H,5-7,9H2,1-4H3,(H,19,22)/t10-,14-/m1/s1. The van der Waals surface area contributed by atoms with E-state index in [1.807, 2.05) is 27.7 Å². The number of carbonyl (C=O) groups is 1. The van der Waals surface area contributed by atoms with Crippen LogP contribution < -0.4 is 5.32 Å². The first-order valence-electron chi connectivity index (χ1n) is 8.18. The molecule has 2 aromatic rings. The Morgan fingerprint density at radius 1 is 1.48 bits per heavy atom. The van der Waals surface area contributed by atoms with Crippen LogP contribution in [0, 0.1) is 26.7 Å². The van der Waals surface area contributed by atoms with Crippen molar-refractivity contribution in [2.24, 2.45) is 5.92 Å². The summed E-state index contributed by atoms with van der Waals surface area (Å²) in [5.74, 6) is 1.92. The van der Waals surface area contributed by atoms with Gasteiger partial charge in [0.05, 0.1) is 11.4 Å². The molecule has 1 aliphatic heterocycles. The van der Waals surface area contributed by atoms with Crippen molar-refractivity contribution in [3.63, 3.8) is 0 Å². The van der Waals surface area contributed by atoms with Gasteiger partial charge in [-0.2, -0.15) is 0 Å². The number of hydrogen-bond acceptors (Lipinski definition) is 4. The van der Waals surface area contributed by atoms with E-state index in [2.05, 4.69) is 26.2 Å². The number of rotatable bonds is 4. The Bertz CT molecular complexity index is 697. The molecule has 23 heavy (non-hydrogen) atoms. The number of nitrogens with one attached hydrogen (secondary N) is 1. The summed E-state index contributed by atoms with van der Waals surface area (Å²) in [7, 11) is 0. The average molecular weight is 316 g/mol. The number of amides is 1. The first-order chi connectivity index (χ1) is 10.9. The highest BCUT2D eigenvalue weighted by Gasteiger charge is 2.24. The van der Waals surface area contributed by atoms with Gasteiger partial charge >= 0.3 is 0 Å². The summed E-state index contributed by atoms with van der Waals surface area (Å²) < 4.78 is 7.33. The van der Waals surface area contributed by atoms with Crippen LogP contribution in [-0.2, 0) is 24.2 Å². The molecule has 0 fully saturated rings. The Labute approximate surface area is 136 Å². The number of fused-ring (bicyclic) bond motifs is 1. The van der Waals surface area contributed by atoms with E-state index >= 15 is 0 Å². The van der Waals surface area contributed by atoms with Crippen molar-refractivity contribution < 1.29 is 9.32 Å². The molecule has 1 amide bonds. The van der Waals surface area contributed by atoms with Crippen LogP contribution in [-0.4, -0.2) is 26.7 Å². The van der Waals surface area contributed by atoms with Crippen molar-refractivity contribution in [1.82, 2.24) is 20.0 Å². The summed E-state index contributed by atoms with van der Waals surface area (Å²) in [5, 5.41) is 7.14. The summed E-state index contributed by atoms with van der Waals surface area (Å²) in [6, 6.07) is 0.177. The molecule has 0 bridgehead atoms. The molecular formula is C17H24N4O2. The zero-order valence-corrected chi connectivity index (χ0v) is 14.2. The predicted octanol–water partition coefficient (Wildman–Crippen LogP) is 2.11. The zero-order valence-electron chi connectivity index (χ0n) is 14.2. The normalized spacial score (nSPS) is 18.5. The van der Waals surface area contributed by atoms with E-state index in [4.69, 9.17) is 4.52 Å². The Hall–Kier alpha value is -2.11. The van der Waals surface area contributed by atoms with Crippen molar-refractivity contribution in [3.05, 3.63) is 34.7 Å². The number of carbonyl (C=O) groups excluding carboxylic acids is 1. The minimum atomic E-state index is -0.0993. The van der Waals surface area contributed by atoms with Crippen LogP contribution in [0.4, 0.5) is 0 Å². The van der Waals surface area contributed by atoms with Crippen molar-refractivity contribution >= 4 is 5.91 Å². The van der Waals surface area contributed by atoms with Gasteiger partial charge in [0.1, 0.15) is 11.6 Å². The summed E-state index contributed by atoms with van der Waals surface area (Å²) in [6.45, 7) is 8.58. The molecule has 0 aromatic carbocycles. The first-order valence-corrected chi connectivity index (χ1v) is 8.18. The lowest BCUT2D eigenvalue weighted by Crippen LogP contribution is -2.43. The molecule has 3 rings (SSSR count). The maximum Gasteiger partial charge on any atom is 0.223 e. The Balaban J connectivity index is 1.59. The molecule has 1 aliphatic rings. The average Bonchev–Trinajstić information content (AvgIpc) is 3.02. The first kappa shape index (κ1) is 15.8. The summed E-state index contributed by atoms with van der Waals surface area (Å²) >= 11 is 0. The quantitative estimate of drug-likeness (QED) is 0.937. The molecule has 3 heterocycles. The SMILES string of the molecule is Cc1cn2c(n1)CC[C@@H](NC(=O)[C@H](C)Cc1c(C)noc1C)C2. The molecule has 6 heteroatoms. The molecule has 0 radical (unpaired) electrons. The number of hydrogen-bond donors (Lipinski definition) is 1. The Kier molecular flexibility index (Phi) is 4.24. The van der Waals surface area contributed by atoms with Gasteiger partial charge < -0.3 is 14.4 Å². The number of imidazole rings is 1. The summed E-state index contributed by atoms with van der Waals surface area (Å²) in [5.41, 5.74) is 2.96. The van der Waals surface area contributed by atoms with Gasteiger partial charge in [-0.3, -0.25) is 4.79 Å². The molecule has 2 aromatic heterocycles. The van der Waals surface area contributed by atoms with Crippen LogP contribution in [0.15, 0.2) is 10.7 Å². The van der Waals surface area contributed by atoms with Crippen molar-refractivity contribution in [2.45, 2.75) is 59.5 Å². The number of nitrogens with zero attached hydrogens (tertiary/aromatic N) is 3. The van der Waals surface area contributed by atoms with Gasteiger partial charge in [0.15, 0.2) is 0 Å². The van der Waals surface area contributed by atoms with Crippen molar-refractivity contribution in [2.75, 3.05) is 0 Å². The minimum absolute atomic E-state index is 0.0929. The minimum Gasteiger partial charge on any atom is -0.361 e. The van der Waals surface area contributed by atoms with Gasteiger partial charge in [-0.15, -0.1) is 0 Å². The van der Waals surface area contributed by atoms with E-state index in [9.17, 15) is 4.79 Å². The highest BCUT2D eigenvalue weighted by Crippen LogP contribution is 2.19. The molecule has 0 spiro atoms. The predicted molar refractivity (Wildman–Crippen MR) is 86.1 cm³/mol. The maximum absolute atomic E-state index is 12.5. The van der Waals surface area contributed by atoms with E-state index < -0.39 is 0 Å². The molecular weight excluding hydrogens is 292 g/mol. The lowest BCUT2D eigenvalue weighted by Gasteiger charge is -2.26. The fourth-order valence-electron chi connectivity index (χ4n) is 3.24. The van der Waals surface area contributed by atoms with Crippen LogP contribution in [0.25, 0.3) is 0 Å². The molecule has 0 unspecified atom stereocenters. The van der Waals surface area contributed by atoms with Crippen LogP contribution in [0.1, 0.15) is 41.9 Å². The molecule has 1 N–H and O–H groups in total. The lowest BCUT2D eigenvalue weighted by molar-refractivity contribution is -0.125. The lowest BCUT2D eigenvalue weighted by atomic mass is 9.98. The second-order valence-electron chi connectivity index (χ2n) is 6.60. The highest BCUT2D eigenvalue weighted by atomic mass is 16.5. The van der Waals surface area contributed by atoms with Gasteiger partial charge in [-0.25, -0.2) is 4.98 Å². The molecule has 0 saturated heterocycles. The van der Waals surface area contributed by atoms with Crippen LogP contribution >= 0.6 is 0 Å². The van der Waals surface area contributed by atoms with Crippen molar-refractivity contribution in [3.8, 4) is 0 Å². The smallest absolute Gasteiger partial charge is 0.223 e. The van der Waals surface area contributed by atoms with Gasteiger partial charge in [0.25, 0.3) is 0 Å². The van der Waals surface area contributed by atoms with Crippen LogP contribution in [0.3, 0.4) is 0 Å². The Morgan fingerprint density at radius 2 is 2.26 bits per heavy atom. The van der Waals surface area contributed by atoms with E-state index in [-0.39, 0.29) is 17.9 Å². The van der Waals surface area contributed by atoms with E-state index in [1.165, 1.54) is 0 Å². The summed E-state index contributed by atoms with van der Waals surface area (Å²) in [4.78, 5) is 17.0. The third-order valence-electron chi connectivity index (χ3n) is 4.60. The van der Waals surface area contributed by atoms with Gasteiger partial charge in [0.2, 0.25) is 5.91 Å².